The Morgan fingerprint density at radius 2 is 1.95 bits per heavy atom. The summed E-state index contributed by atoms with van der Waals surface area (Å²) in [6, 6.07) is 6.25. The van der Waals surface area contributed by atoms with Crippen LogP contribution in [0, 0.1) is 0 Å². The summed E-state index contributed by atoms with van der Waals surface area (Å²) in [6.07, 6.45) is 12.1. The number of rotatable bonds is 8. The van der Waals surface area contributed by atoms with Crippen LogP contribution in [0.4, 0.5) is 0 Å². The lowest BCUT2D eigenvalue weighted by atomic mass is 10.0. The van der Waals surface area contributed by atoms with E-state index in [-0.39, 0.29) is 5.78 Å². The zero-order valence-electron chi connectivity index (χ0n) is 13.5. The molecule has 0 unspecified atom stereocenters. The van der Waals surface area contributed by atoms with Gasteiger partial charge in [-0.25, -0.2) is 0 Å². The average molecular weight is 304 g/mol. The van der Waals surface area contributed by atoms with E-state index in [1.165, 1.54) is 61.8 Å². The number of carbonyl (C=O) groups is 1. The van der Waals surface area contributed by atoms with E-state index in [4.69, 9.17) is 0 Å². The van der Waals surface area contributed by atoms with Crippen molar-refractivity contribution in [3.8, 4) is 0 Å². The van der Waals surface area contributed by atoms with E-state index >= 15 is 0 Å². The second-order valence-corrected chi connectivity index (χ2v) is 7.56. The smallest absolute Gasteiger partial charge is 0.159 e. The van der Waals surface area contributed by atoms with Crippen molar-refractivity contribution in [1.29, 1.82) is 0 Å². The topological polar surface area (TPSA) is 17.1 Å². The fourth-order valence-electron chi connectivity index (χ4n) is 3.02. The molecule has 0 fully saturated rings. The fourth-order valence-corrected chi connectivity index (χ4v) is 4.36. The molecule has 0 bridgehead atoms. The maximum absolute atomic E-state index is 11.4. The molecule has 0 saturated carbocycles. The van der Waals surface area contributed by atoms with Crippen LogP contribution in [0.1, 0.15) is 81.1 Å². The van der Waals surface area contributed by atoms with Crippen LogP contribution in [0.5, 0.6) is 0 Å². The van der Waals surface area contributed by atoms with Gasteiger partial charge in [-0.3, -0.25) is 4.79 Å². The summed E-state index contributed by atoms with van der Waals surface area (Å²) in [4.78, 5) is 12.8. The van der Waals surface area contributed by atoms with E-state index in [1.54, 1.807) is 6.92 Å². The minimum atomic E-state index is 0.178. The molecular formula is C19H28OS. The summed E-state index contributed by atoms with van der Waals surface area (Å²) >= 11 is 2.03. The van der Waals surface area contributed by atoms with E-state index in [0.717, 1.165) is 17.2 Å². The first-order valence-corrected chi connectivity index (χ1v) is 9.39. The summed E-state index contributed by atoms with van der Waals surface area (Å²) in [7, 11) is 0. The Kier molecular flexibility index (Phi) is 6.82. The van der Waals surface area contributed by atoms with Crippen molar-refractivity contribution in [3.63, 3.8) is 0 Å². The third-order valence-electron chi connectivity index (χ3n) is 4.38. The first kappa shape index (κ1) is 16.6. The Hall–Kier alpha value is -0.760. The number of fused-ring (bicyclic) bond motifs is 1. The molecule has 0 aliphatic carbocycles. The zero-order chi connectivity index (χ0) is 15.1. The van der Waals surface area contributed by atoms with E-state index in [2.05, 4.69) is 19.1 Å². The van der Waals surface area contributed by atoms with E-state index in [9.17, 15) is 4.79 Å². The highest BCUT2D eigenvalue weighted by molar-refractivity contribution is 8.00. The highest BCUT2D eigenvalue weighted by Crippen LogP contribution is 2.38. The first-order valence-electron chi connectivity index (χ1n) is 8.51. The molecule has 0 N–H and O–H groups in total. The van der Waals surface area contributed by atoms with Crippen LogP contribution in [-0.4, -0.2) is 11.0 Å². The number of thioether (sulfide) groups is 1. The molecule has 0 saturated heterocycles. The molecule has 0 radical (unpaired) electrons. The number of hydrogen-bond acceptors (Lipinski definition) is 2. The third-order valence-corrected chi connectivity index (χ3v) is 5.83. The lowest BCUT2D eigenvalue weighted by Crippen LogP contribution is -2.11. The number of unbranched alkanes of at least 4 members (excludes halogenated alkanes) is 5. The van der Waals surface area contributed by atoms with Gasteiger partial charge in [0.15, 0.2) is 5.78 Å². The molecule has 1 aliphatic rings. The normalized spacial score (nSPS) is 17.5. The van der Waals surface area contributed by atoms with Gasteiger partial charge in [-0.05, 0) is 43.9 Å². The molecule has 1 aromatic rings. The first-order chi connectivity index (χ1) is 10.2. The summed E-state index contributed by atoms with van der Waals surface area (Å²) < 4.78 is 0. The molecule has 1 nitrogen and oxygen atoms in total. The number of ketones is 1. The molecule has 0 amide bonds. The fraction of sp³-hybridized carbons (Fsp3) is 0.632. The SMILES string of the molecule is CCCCCCCC[C@H]1CCc2cc(C(C)=O)ccc2S1. The van der Waals surface area contributed by atoms with Crippen molar-refractivity contribution in [2.24, 2.45) is 0 Å². The van der Waals surface area contributed by atoms with Crippen molar-refractivity contribution < 1.29 is 4.79 Å². The Balaban J connectivity index is 1.76. The lowest BCUT2D eigenvalue weighted by Gasteiger charge is -2.24. The van der Waals surface area contributed by atoms with Crippen LogP contribution < -0.4 is 0 Å². The molecular weight excluding hydrogens is 276 g/mol. The summed E-state index contributed by atoms with van der Waals surface area (Å²) in [5.74, 6) is 0.178. The monoisotopic (exact) mass is 304 g/mol. The van der Waals surface area contributed by atoms with Gasteiger partial charge in [0.25, 0.3) is 0 Å². The Morgan fingerprint density at radius 3 is 2.71 bits per heavy atom. The largest absolute Gasteiger partial charge is 0.295 e. The number of carbonyl (C=O) groups excluding carboxylic acids is 1. The minimum Gasteiger partial charge on any atom is -0.295 e. The van der Waals surface area contributed by atoms with Gasteiger partial charge in [-0.1, -0.05) is 51.5 Å². The quantitative estimate of drug-likeness (QED) is 0.430. The van der Waals surface area contributed by atoms with Gasteiger partial charge >= 0.3 is 0 Å². The molecule has 2 heteroatoms. The Morgan fingerprint density at radius 1 is 1.19 bits per heavy atom. The zero-order valence-corrected chi connectivity index (χ0v) is 14.3. The maximum Gasteiger partial charge on any atom is 0.159 e. The molecule has 1 aromatic carbocycles. The number of hydrogen-bond donors (Lipinski definition) is 0. The van der Waals surface area contributed by atoms with Crippen molar-refractivity contribution in [2.75, 3.05) is 0 Å². The maximum atomic E-state index is 11.4. The number of aryl methyl sites for hydroxylation is 1. The van der Waals surface area contributed by atoms with Crippen molar-refractivity contribution in [1.82, 2.24) is 0 Å². The van der Waals surface area contributed by atoms with Gasteiger partial charge in [0.05, 0.1) is 0 Å². The summed E-state index contributed by atoms with van der Waals surface area (Å²) in [5.41, 5.74) is 2.25. The summed E-state index contributed by atoms with van der Waals surface area (Å²) in [6.45, 7) is 3.92. The molecule has 116 valence electrons. The van der Waals surface area contributed by atoms with Crippen LogP contribution >= 0.6 is 11.8 Å². The van der Waals surface area contributed by atoms with Gasteiger partial charge in [0.2, 0.25) is 0 Å². The molecule has 2 rings (SSSR count). The van der Waals surface area contributed by atoms with Gasteiger partial charge in [-0.15, -0.1) is 11.8 Å². The van der Waals surface area contributed by atoms with Crippen LogP contribution in [0.3, 0.4) is 0 Å². The average Bonchev–Trinajstić information content (AvgIpc) is 2.50. The van der Waals surface area contributed by atoms with E-state index in [0.29, 0.717) is 0 Å². The van der Waals surface area contributed by atoms with E-state index < -0.39 is 0 Å². The van der Waals surface area contributed by atoms with Gasteiger partial charge in [0, 0.05) is 15.7 Å². The molecule has 21 heavy (non-hydrogen) atoms. The van der Waals surface area contributed by atoms with E-state index in [1.807, 2.05) is 17.8 Å². The highest BCUT2D eigenvalue weighted by atomic mass is 32.2. The Bertz CT molecular complexity index is 467. The van der Waals surface area contributed by atoms with Gasteiger partial charge in [-0.2, -0.15) is 0 Å². The van der Waals surface area contributed by atoms with Crippen molar-refractivity contribution in [3.05, 3.63) is 29.3 Å². The second kappa shape index (κ2) is 8.63. The van der Waals surface area contributed by atoms with Crippen LogP contribution in [0.2, 0.25) is 0 Å². The number of benzene rings is 1. The standard InChI is InChI=1S/C19H28OS/c1-3-4-5-6-7-8-9-18-12-10-17-14-16(15(2)20)11-13-19(17)21-18/h11,13-14,18H,3-10,12H2,1-2H3/t18-/m0/s1. The minimum absolute atomic E-state index is 0.178. The Labute approximate surface area is 133 Å². The molecule has 1 heterocycles. The van der Waals surface area contributed by atoms with Crippen molar-refractivity contribution >= 4 is 17.5 Å². The highest BCUT2D eigenvalue weighted by Gasteiger charge is 2.19. The third kappa shape index (κ3) is 5.18. The summed E-state index contributed by atoms with van der Waals surface area (Å²) in [5, 5.41) is 0.784. The molecule has 1 aliphatic heterocycles. The van der Waals surface area contributed by atoms with Crippen LogP contribution in [0.25, 0.3) is 0 Å². The number of Topliss-reactive ketones (excluding diaryl/α,β-unsaturated/α-hetero) is 1. The molecule has 0 aromatic heterocycles. The van der Waals surface area contributed by atoms with Gasteiger partial charge < -0.3 is 0 Å². The van der Waals surface area contributed by atoms with Crippen LogP contribution in [-0.2, 0) is 6.42 Å². The van der Waals surface area contributed by atoms with Gasteiger partial charge in [0.1, 0.15) is 0 Å². The predicted molar refractivity (Wildman–Crippen MR) is 92.4 cm³/mol. The lowest BCUT2D eigenvalue weighted by molar-refractivity contribution is 0.101. The molecule has 0 spiro atoms. The molecule has 1 atom stereocenters. The second-order valence-electron chi connectivity index (χ2n) is 6.21. The van der Waals surface area contributed by atoms with Crippen molar-refractivity contribution in [2.45, 2.75) is 81.8 Å². The van der Waals surface area contributed by atoms with Crippen LogP contribution in [0.15, 0.2) is 23.1 Å². The predicted octanol–water partition coefficient (Wildman–Crippen LogP) is 6.05.